The van der Waals surface area contributed by atoms with Crippen molar-refractivity contribution in [1.29, 1.82) is 0 Å². The van der Waals surface area contributed by atoms with E-state index in [2.05, 4.69) is 15.5 Å². The van der Waals surface area contributed by atoms with Crippen molar-refractivity contribution in [1.82, 2.24) is 10.2 Å². The molecule has 2 aromatic carbocycles. The van der Waals surface area contributed by atoms with Gasteiger partial charge in [-0.2, -0.15) is 18.3 Å². The third-order valence-corrected chi connectivity index (χ3v) is 4.41. The number of nitrogens with zero attached hydrogens (tertiary/aromatic N) is 1. The number of nitrogens with one attached hydrogen (secondary N) is 2. The monoisotopic (exact) mass is 469 g/mol. The van der Waals surface area contributed by atoms with Crippen molar-refractivity contribution in [3.8, 4) is 22.6 Å². The van der Waals surface area contributed by atoms with Crippen molar-refractivity contribution in [2.24, 2.45) is 0 Å². The van der Waals surface area contributed by atoms with Gasteiger partial charge in [0.25, 0.3) is 5.91 Å². The fourth-order valence-corrected chi connectivity index (χ4v) is 2.79. The van der Waals surface area contributed by atoms with Crippen LogP contribution in [0.2, 0.25) is 5.02 Å². The smallest absolute Gasteiger partial charge is 0.485 e. The van der Waals surface area contributed by atoms with Crippen molar-refractivity contribution in [2.45, 2.75) is 12.3 Å². The predicted octanol–water partition coefficient (Wildman–Crippen LogP) is 4.14. The Kier molecular flexibility index (Phi) is 6.89. The molecule has 32 heavy (non-hydrogen) atoms. The predicted molar refractivity (Wildman–Crippen MR) is 108 cm³/mol. The van der Waals surface area contributed by atoms with Crippen molar-refractivity contribution in [3.05, 3.63) is 59.9 Å². The molecule has 0 fully saturated rings. The Balaban J connectivity index is 0.000000360. The Hall–Kier alpha value is -3.73. The molecule has 4 rings (SSSR count). The number of carboxylic acids is 1. The first-order valence-electron chi connectivity index (χ1n) is 8.93. The number of anilines is 1. The van der Waals surface area contributed by atoms with Gasteiger partial charge in [0.05, 0.1) is 16.9 Å². The molecule has 0 spiro atoms. The molecule has 0 radical (unpaired) electrons. The number of ether oxygens (including phenoxy) is 2. The topological polar surface area (TPSA) is 114 Å². The second-order valence-electron chi connectivity index (χ2n) is 6.34. The zero-order valence-electron chi connectivity index (χ0n) is 16.0. The normalized spacial score (nSPS) is 14.7. The lowest BCUT2D eigenvalue weighted by atomic mass is 10.1. The van der Waals surface area contributed by atoms with Crippen LogP contribution < -0.4 is 14.8 Å². The van der Waals surface area contributed by atoms with E-state index in [1.165, 1.54) is 0 Å². The number of aliphatic carboxylic acids is 1. The minimum Gasteiger partial charge on any atom is -0.485 e. The van der Waals surface area contributed by atoms with E-state index in [9.17, 15) is 18.0 Å². The van der Waals surface area contributed by atoms with Crippen molar-refractivity contribution < 1.29 is 37.3 Å². The number of carboxylic acid groups (broad SMARTS) is 1. The maximum atomic E-state index is 12.5. The number of alkyl halides is 3. The highest BCUT2D eigenvalue weighted by atomic mass is 35.5. The van der Waals surface area contributed by atoms with Crippen LogP contribution in [0.1, 0.15) is 0 Å². The van der Waals surface area contributed by atoms with Gasteiger partial charge in [-0.05, 0) is 29.8 Å². The van der Waals surface area contributed by atoms with Crippen LogP contribution in [0.15, 0.2) is 54.9 Å². The number of hydrogen-bond acceptors (Lipinski definition) is 5. The first-order chi connectivity index (χ1) is 15.1. The van der Waals surface area contributed by atoms with Gasteiger partial charge in [0.15, 0.2) is 11.5 Å². The van der Waals surface area contributed by atoms with Gasteiger partial charge < -0.3 is 19.9 Å². The molecule has 0 aliphatic carbocycles. The Labute approximate surface area is 183 Å². The number of hydrogen-bond donors (Lipinski definition) is 3. The molecular weight excluding hydrogens is 455 g/mol. The molecule has 1 aromatic heterocycles. The number of rotatable bonds is 3. The molecule has 12 heteroatoms. The number of para-hydroxylation sites is 2. The molecule has 0 saturated carbocycles. The maximum Gasteiger partial charge on any atom is 0.490 e. The maximum absolute atomic E-state index is 12.5. The molecule has 0 saturated heterocycles. The second-order valence-corrected chi connectivity index (χ2v) is 6.75. The van der Waals surface area contributed by atoms with E-state index < -0.39 is 18.2 Å². The Morgan fingerprint density at radius 2 is 1.84 bits per heavy atom. The Bertz CT molecular complexity index is 1110. The summed E-state index contributed by atoms with van der Waals surface area (Å²) in [6.07, 6.45) is -2.34. The van der Waals surface area contributed by atoms with E-state index in [-0.39, 0.29) is 12.5 Å². The van der Waals surface area contributed by atoms with Crippen LogP contribution in [0.5, 0.6) is 11.5 Å². The van der Waals surface area contributed by atoms with Crippen molar-refractivity contribution >= 4 is 29.2 Å². The average Bonchev–Trinajstić information content (AvgIpc) is 3.29. The van der Waals surface area contributed by atoms with Crippen LogP contribution in [0, 0.1) is 0 Å². The third-order valence-electron chi connectivity index (χ3n) is 4.10. The third kappa shape index (κ3) is 5.70. The van der Waals surface area contributed by atoms with Crippen LogP contribution in [0.3, 0.4) is 0 Å². The highest BCUT2D eigenvalue weighted by molar-refractivity contribution is 6.34. The van der Waals surface area contributed by atoms with Crippen LogP contribution >= 0.6 is 11.6 Å². The number of fused-ring (bicyclic) bond motifs is 1. The number of aromatic amines is 1. The summed E-state index contributed by atoms with van der Waals surface area (Å²) in [6, 6.07) is 12.6. The summed E-state index contributed by atoms with van der Waals surface area (Å²) in [6.45, 7) is 0.146. The number of carbonyl (C=O) groups is 2. The summed E-state index contributed by atoms with van der Waals surface area (Å²) in [5.74, 6) is -1.88. The van der Waals surface area contributed by atoms with E-state index in [4.69, 9.17) is 31.0 Å². The summed E-state index contributed by atoms with van der Waals surface area (Å²) < 4.78 is 43.0. The number of carbonyl (C=O) groups excluding carboxylic acids is 1. The molecule has 168 valence electrons. The molecule has 1 atom stereocenters. The summed E-state index contributed by atoms with van der Waals surface area (Å²) in [5.41, 5.74) is 2.34. The van der Waals surface area contributed by atoms with Crippen molar-refractivity contribution in [3.63, 3.8) is 0 Å². The molecule has 1 unspecified atom stereocenters. The summed E-state index contributed by atoms with van der Waals surface area (Å²) >= 11 is 6.29. The first kappa shape index (κ1) is 22.9. The second kappa shape index (κ2) is 9.60. The van der Waals surface area contributed by atoms with Crippen LogP contribution in [-0.2, 0) is 9.59 Å². The molecule has 1 amide bonds. The minimum absolute atomic E-state index is 0.146. The number of halogens is 4. The molecular formula is C20H15ClF3N3O5. The molecule has 2 heterocycles. The highest BCUT2D eigenvalue weighted by Crippen LogP contribution is 2.32. The number of aromatic nitrogens is 2. The molecule has 1 aliphatic rings. The van der Waals surface area contributed by atoms with Gasteiger partial charge in [-0.1, -0.05) is 29.8 Å². The number of amides is 1. The molecule has 0 bridgehead atoms. The van der Waals surface area contributed by atoms with Crippen LogP contribution in [0.4, 0.5) is 18.9 Å². The van der Waals surface area contributed by atoms with Gasteiger partial charge in [-0.25, -0.2) is 4.79 Å². The first-order valence-corrected chi connectivity index (χ1v) is 9.31. The number of H-pyrrole nitrogens is 1. The summed E-state index contributed by atoms with van der Waals surface area (Å²) in [5, 5.41) is 17.0. The minimum atomic E-state index is -5.08. The van der Waals surface area contributed by atoms with Gasteiger partial charge in [0.2, 0.25) is 6.10 Å². The Morgan fingerprint density at radius 1 is 1.16 bits per heavy atom. The van der Waals surface area contributed by atoms with E-state index in [1.807, 2.05) is 18.2 Å². The van der Waals surface area contributed by atoms with Crippen LogP contribution in [0.25, 0.3) is 11.1 Å². The van der Waals surface area contributed by atoms with Gasteiger partial charge in [-0.15, -0.1) is 0 Å². The van der Waals surface area contributed by atoms with E-state index in [0.717, 1.165) is 11.1 Å². The zero-order chi connectivity index (χ0) is 23.3. The lowest BCUT2D eigenvalue weighted by Gasteiger charge is -2.25. The molecule has 3 aromatic rings. The highest BCUT2D eigenvalue weighted by Gasteiger charge is 2.38. The fraction of sp³-hybridized carbons (Fsp3) is 0.150. The largest absolute Gasteiger partial charge is 0.490 e. The zero-order valence-corrected chi connectivity index (χ0v) is 16.8. The van der Waals surface area contributed by atoms with Gasteiger partial charge in [-0.3, -0.25) is 9.89 Å². The standard InChI is InChI=1S/C18H14ClN3O3.C2HF3O2/c19-13-7-11(12-8-20-21-9-12)5-6-14(13)22-18(23)17-10-24-15-3-1-2-4-16(15)25-17;3-2(4,5)1(6)7/h1-9,17H,10H2,(H,20,21)(H,22,23);(H,6,7). The average molecular weight is 470 g/mol. The Morgan fingerprint density at radius 3 is 2.44 bits per heavy atom. The fourth-order valence-electron chi connectivity index (χ4n) is 2.57. The summed E-state index contributed by atoms with van der Waals surface area (Å²) in [7, 11) is 0. The lowest BCUT2D eigenvalue weighted by molar-refractivity contribution is -0.192. The van der Waals surface area contributed by atoms with Gasteiger partial charge in [0.1, 0.15) is 6.61 Å². The SMILES string of the molecule is O=C(Nc1ccc(-c2cn[nH]c2)cc1Cl)C1COc2ccccc2O1.O=C(O)C(F)(F)F. The quantitative estimate of drug-likeness (QED) is 0.531. The molecule has 1 aliphatic heterocycles. The summed E-state index contributed by atoms with van der Waals surface area (Å²) in [4.78, 5) is 21.3. The molecule has 8 nitrogen and oxygen atoms in total. The number of benzene rings is 2. The van der Waals surface area contributed by atoms with E-state index in [1.54, 1.807) is 36.7 Å². The van der Waals surface area contributed by atoms with Gasteiger partial charge >= 0.3 is 12.1 Å². The van der Waals surface area contributed by atoms with Gasteiger partial charge in [0, 0.05) is 11.8 Å². The van der Waals surface area contributed by atoms with Crippen LogP contribution in [-0.4, -0.2) is 46.1 Å². The van der Waals surface area contributed by atoms with E-state index >= 15 is 0 Å². The molecule has 3 N–H and O–H groups in total. The lowest BCUT2D eigenvalue weighted by Crippen LogP contribution is -2.40. The van der Waals surface area contributed by atoms with E-state index in [0.29, 0.717) is 22.2 Å². The van der Waals surface area contributed by atoms with Crippen molar-refractivity contribution in [2.75, 3.05) is 11.9 Å².